The van der Waals surface area contributed by atoms with Crippen LogP contribution in [0.15, 0.2) is 54.9 Å². The van der Waals surface area contributed by atoms with Crippen LogP contribution in [0.1, 0.15) is 17.2 Å². The fourth-order valence-electron chi connectivity index (χ4n) is 3.17. The minimum atomic E-state index is -0.134. The van der Waals surface area contributed by atoms with Gasteiger partial charge in [0.25, 0.3) is 0 Å². The lowest BCUT2D eigenvalue weighted by Crippen LogP contribution is -2.20. The molecule has 27 heavy (non-hydrogen) atoms. The van der Waals surface area contributed by atoms with Crippen molar-refractivity contribution in [3.63, 3.8) is 0 Å². The molecule has 3 aromatic rings. The van der Waals surface area contributed by atoms with Gasteiger partial charge in [0.05, 0.1) is 21.3 Å². The molecule has 0 aliphatic carbocycles. The minimum Gasteiger partial charge on any atom is -0.497 e. The zero-order valence-electron chi connectivity index (χ0n) is 15.3. The van der Waals surface area contributed by atoms with Crippen molar-refractivity contribution >= 4 is 11.6 Å². The third-order valence-corrected chi connectivity index (χ3v) is 4.54. The van der Waals surface area contributed by atoms with Crippen molar-refractivity contribution in [2.24, 2.45) is 0 Å². The standard InChI is InChI=1S/C20H20N4O3/c1-25-15-6-4-5-13(9-15)16-11-17(24-20(23-16)21-12-22-24)14-7-8-18(26-2)19(10-14)27-3/h4-12,17H,1-3H3,(H,21,22,23). The number of hydrogen-bond donors (Lipinski definition) is 1. The van der Waals surface area contributed by atoms with Crippen LogP contribution in [0, 0.1) is 0 Å². The molecular formula is C20H20N4O3. The zero-order chi connectivity index (χ0) is 18.8. The van der Waals surface area contributed by atoms with Crippen LogP contribution in [0.25, 0.3) is 5.70 Å². The summed E-state index contributed by atoms with van der Waals surface area (Å²) in [5, 5.41) is 7.71. The lowest BCUT2D eigenvalue weighted by molar-refractivity contribution is 0.354. The molecule has 0 saturated carbocycles. The van der Waals surface area contributed by atoms with E-state index in [1.165, 1.54) is 0 Å². The molecule has 0 fully saturated rings. The Morgan fingerprint density at radius 1 is 0.963 bits per heavy atom. The molecule has 0 amide bonds. The number of rotatable bonds is 5. The minimum absolute atomic E-state index is 0.134. The molecule has 4 rings (SSSR count). The normalized spacial score (nSPS) is 15.4. The molecule has 1 aliphatic heterocycles. The summed E-state index contributed by atoms with van der Waals surface area (Å²) in [4.78, 5) is 4.34. The number of hydrogen-bond acceptors (Lipinski definition) is 6. The van der Waals surface area contributed by atoms with E-state index in [2.05, 4.69) is 21.5 Å². The van der Waals surface area contributed by atoms with Gasteiger partial charge >= 0.3 is 0 Å². The van der Waals surface area contributed by atoms with Gasteiger partial charge in [0.1, 0.15) is 18.1 Å². The van der Waals surface area contributed by atoms with Crippen molar-refractivity contribution in [2.45, 2.75) is 6.04 Å². The molecule has 138 valence electrons. The Balaban J connectivity index is 1.80. The van der Waals surface area contributed by atoms with E-state index in [1.807, 2.05) is 47.1 Å². The summed E-state index contributed by atoms with van der Waals surface area (Å²) in [6.07, 6.45) is 3.65. The highest BCUT2D eigenvalue weighted by Gasteiger charge is 2.24. The largest absolute Gasteiger partial charge is 0.497 e. The van der Waals surface area contributed by atoms with Crippen molar-refractivity contribution < 1.29 is 14.2 Å². The molecule has 2 heterocycles. The maximum absolute atomic E-state index is 5.46. The molecule has 1 unspecified atom stereocenters. The van der Waals surface area contributed by atoms with E-state index in [0.717, 1.165) is 22.6 Å². The number of aromatic nitrogens is 3. The third-order valence-electron chi connectivity index (χ3n) is 4.54. The second kappa shape index (κ2) is 7.03. The average Bonchev–Trinajstić information content (AvgIpc) is 3.21. The molecule has 0 bridgehead atoms. The molecule has 0 radical (unpaired) electrons. The topological polar surface area (TPSA) is 70.4 Å². The van der Waals surface area contributed by atoms with E-state index in [-0.39, 0.29) is 6.04 Å². The van der Waals surface area contributed by atoms with E-state index in [9.17, 15) is 0 Å². The molecular weight excluding hydrogens is 344 g/mol. The third kappa shape index (κ3) is 3.08. The molecule has 1 aliphatic rings. The molecule has 1 aromatic heterocycles. The second-order valence-corrected chi connectivity index (χ2v) is 6.02. The van der Waals surface area contributed by atoms with Crippen molar-refractivity contribution in [2.75, 3.05) is 26.6 Å². The van der Waals surface area contributed by atoms with Gasteiger partial charge in [-0.25, -0.2) is 4.68 Å². The highest BCUT2D eigenvalue weighted by molar-refractivity contribution is 5.77. The lowest BCUT2D eigenvalue weighted by Gasteiger charge is -2.25. The van der Waals surface area contributed by atoms with Gasteiger partial charge in [-0.2, -0.15) is 10.1 Å². The quantitative estimate of drug-likeness (QED) is 0.749. The first kappa shape index (κ1) is 17.0. The fraction of sp³-hybridized carbons (Fsp3) is 0.200. The van der Waals surface area contributed by atoms with Crippen LogP contribution in [0.5, 0.6) is 17.2 Å². The summed E-state index contributed by atoms with van der Waals surface area (Å²) in [5.41, 5.74) is 2.96. The van der Waals surface area contributed by atoms with Crippen molar-refractivity contribution in [3.05, 3.63) is 66.0 Å². The van der Waals surface area contributed by atoms with Gasteiger partial charge in [-0.15, -0.1) is 0 Å². The molecule has 1 atom stereocenters. The number of nitrogens with one attached hydrogen (secondary N) is 1. The lowest BCUT2D eigenvalue weighted by atomic mass is 10.0. The van der Waals surface area contributed by atoms with Crippen LogP contribution in [-0.4, -0.2) is 36.1 Å². The van der Waals surface area contributed by atoms with Crippen molar-refractivity contribution in [3.8, 4) is 17.2 Å². The fourth-order valence-corrected chi connectivity index (χ4v) is 3.17. The Morgan fingerprint density at radius 2 is 1.81 bits per heavy atom. The van der Waals surface area contributed by atoms with Gasteiger partial charge in [0.2, 0.25) is 5.95 Å². The molecule has 7 nitrogen and oxygen atoms in total. The van der Waals surface area contributed by atoms with Crippen LogP contribution in [-0.2, 0) is 0 Å². The predicted molar refractivity (Wildman–Crippen MR) is 102 cm³/mol. The maximum atomic E-state index is 5.46. The Kier molecular flexibility index (Phi) is 4.42. The average molecular weight is 364 g/mol. The van der Waals surface area contributed by atoms with Gasteiger partial charge in [0, 0.05) is 11.3 Å². The first-order chi connectivity index (χ1) is 13.2. The Hall–Kier alpha value is -3.48. The predicted octanol–water partition coefficient (Wildman–Crippen LogP) is 3.36. The monoisotopic (exact) mass is 364 g/mol. The number of benzene rings is 2. The van der Waals surface area contributed by atoms with Crippen molar-refractivity contribution in [1.82, 2.24) is 14.8 Å². The molecule has 0 saturated heterocycles. The summed E-state index contributed by atoms with van der Waals surface area (Å²) < 4.78 is 18.0. The van der Waals surface area contributed by atoms with E-state index in [4.69, 9.17) is 14.2 Å². The van der Waals surface area contributed by atoms with Gasteiger partial charge in [-0.3, -0.25) is 0 Å². The number of anilines is 1. The van der Waals surface area contributed by atoms with Crippen LogP contribution >= 0.6 is 0 Å². The summed E-state index contributed by atoms with van der Waals surface area (Å²) >= 11 is 0. The number of methoxy groups -OCH3 is 3. The van der Waals surface area contributed by atoms with Gasteiger partial charge in [-0.05, 0) is 35.9 Å². The highest BCUT2D eigenvalue weighted by Crippen LogP contribution is 2.36. The van der Waals surface area contributed by atoms with Gasteiger partial charge < -0.3 is 19.5 Å². The van der Waals surface area contributed by atoms with Gasteiger partial charge in [-0.1, -0.05) is 18.2 Å². The van der Waals surface area contributed by atoms with E-state index in [1.54, 1.807) is 27.7 Å². The van der Waals surface area contributed by atoms with E-state index < -0.39 is 0 Å². The molecule has 7 heteroatoms. The summed E-state index contributed by atoms with van der Waals surface area (Å²) in [6.45, 7) is 0. The van der Waals surface area contributed by atoms with Gasteiger partial charge in [0.15, 0.2) is 11.5 Å². The Bertz CT molecular complexity index is 996. The number of allylic oxidation sites excluding steroid dienone is 1. The van der Waals surface area contributed by atoms with Crippen LogP contribution in [0.2, 0.25) is 0 Å². The van der Waals surface area contributed by atoms with E-state index in [0.29, 0.717) is 17.4 Å². The van der Waals surface area contributed by atoms with Crippen molar-refractivity contribution in [1.29, 1.82) is 0 Å². The highest BCUT2D eigenvalue weighted by atomic mass is 16.5. The molecule has 0 spiro atoms. The molecule has 2 aromatic carbocycles. The smallest absolute Gasteiger partial charge is 0.226 e. The number of nitrogens with zero attached hydrogens (tertiary/aromatic N) is 3. The maximum Gasteiger partial charge on any atom is 0.226 e. The Labute approximate surface area is 157 Å². The zero-order valence-corrected chi connectivity index (χ0v) is 15.3. The Morgan fingerprint density at radius 3 is 2.59 bits per heavy atom. The summed E-state index contributed by atoms with van der Waals surface area (Å²) in [5.74, 6) is 2.83. The van der Waals surface area contributed by atoms with E-state index >= 15 is 0 Å². The van der Waals surface area contributed by atoms with Crippen LogP contribution in [0.3, 0.4) is 0 Å². The number of fused-ring (bicyclic) bond motifs is 1. The first-order valence-corrected chi connectivity index (χ1v) is 8.48. The number of ether oxygens (including phenoxy) is 3. The second-order valence-electron chi connectivity index (χ2n) is 6.02. The summed E-state index contributed by atoms with van der Waals surface area (Å²) in [6, 6.07) is 13.6. The summed E-state index contributed by atoms with van der Waals surface area (Å²) in [7, 11) is 4.91. The SMILES string of the molecule is COc1cccc(C2=CC(c3ccc(OC)c(OC)c3)n3ncnc3N2)c1. The first-order valence-electron chi connectivity index (χ1n) is 8.48. The van der Waals surface area contributed by atoms with Crippen LogP contribution < -0.4 is 19.5 Å². The van der Waals surface area contributed by atoms with Crippen LogP contribution in [0.4, 0.5) is 5.95 Å². The molecule has 1 N–H and O–H groups in total.